The predicted octanol–water partition coefficient (Wildman–Crippen LogP) is 1.37. The van der Waals surface area contributed by atoms with Crippen molar-refractivity contribution in [2.24, 2.45) is 0 Å². The molecular weight excluding hydrogens is 174 g/mol. The first kappa shape index (κ1) is 10.3. The lowest BCUT2D eigenvalue weighted by Gasteiger charge is -2.02. The molecule has 1 N–H and O–H groups in total. The van der Waals surface area contributed by atoms with Gasteiger partial charge in [0.1, 0.15) is 0 Å². The van der Waals surface area contributed by atoms with Crippen LogP contribution in [0.25, 0.3) is 0 Å². The van der Waals surface area contributed by atoms with Gasteiger partial charge in [-0.25, -0.2) is 0 Å². The van der Waals surface area contributed by atoms with Crippen molar-refractivity contribution in [1.82, 2.24) is 5.32 Å². The van der Waals surface area contributed by atoms with E-state index in [1.54, 1.807) is 0 Å². The lowest BCUT2D eigenvalue weighted by molar-refractivity contribution is -0.120. The normalized spacial score (nSPS) is 9.07. The number of carbonyl (C=O) groups is 1. The third-order valence-corrected chi connectivity index (χ3v) is 1.80. The molecule has 0 radical (unpaired) electrons. The van der Waals surface area contributed by atoms with Crippen molar-refractivity contribution in [3.8, 4) is 12.3 Å². The summed E-state index contributed by atoms with van der Waals surface area (Å²) in [7, 11) is 0. The summed E-state index contributed by atoms with van der Waals surface area (Å²) in [4.78, 5) is 11.3. The first-order valence-corrected chi connectivity index (χ1v) is 4.57. The van der Waals surface area contributed by atoms with Gasteiger partial charge in [0, 0.05) is 13.0 Å². The minimum Gasteiger partial charge on any atom is -0.355 e. The SMILES string of the molecule is C#CCCNC(=O)Cc1ccccc1. The quantitative estimate of drug-likeness (QED) is 0.560. The number of carbonyl (C=O) groups excluding carboxylic acids is 1. The van der Waals surface area contributed by atoms with E-state index in [2.05, 4.69) is 11.2 Å². The Labute approximate surface area is 84.3 Å². The molecule has 1 rings (SSSR count). The van der Waals surface area contributed by atoms with Crippen LogP contribution in [0.2, 0.25) is 0 Å². The van der Waals surface area contributed by atoms with E-state index in [9.17, 15) is 4.79 Å². The van der Waals surface area contributed by atoms with Gasteiger partial charge >= 0.3 is 0 Å². The summed E-state index contributed by atoms with van der Waals surface area (Å²) in [6.07, 6.45) is 6.07. The second-order valence-electron chi connectivity index (χ2n) is 2.97. The summed E-state index contributed by atoms with van der Waals surface area (Å²) in [5, 5.41) is 2.75. The van der Waals surface area contributed by atoms with Crippen LogP contribution in [-0.4, -0.2) is 12.5 Å². The minimum atomic E-state index is 0.0199. The fourth-order valence-electron chi connectivity index (χ4n) is 1.12. The Bertz CT molecular complexity index is 324. The van der Waals surface area contributed by atoms with E-state index in [-0.39, 0.29) is 5.91 Å². The summed E-state index contributed by atoms with van der Waals surface area (Å²) in [6.45, 7) is 0.558. The maximum absolute atomic E-state index is 11.3. The van der Waals surface area contributed by atoms with Crippen LogP contribution in [0.15, 0.2) is 30.3 Å². The third-order valence-electron chi connectivity index (χ3n) is 1.80. The molecule has 1 amide bonds. The molecule has 0 spiro atoms. The lowest BCUT2D eigenvalue weighted by Crippen LogP contribution is -2.25. The number of nitrogens with one attached hydrogen (secondary N) is 1. The maximum atomic E-state index is 11.3. The van der Waals surface area contributed by atoms with Gasteiger partial charge in [0.05, 0.1) is 6.42 Å². The molecule has 0 fully saturated rings. The van der Waals surface area contributed by atoms with Crippen molar-refractivity contribution in [3.05, 3.63) is 35.9 Å². The van der Waals surface area contributed by atoms with Crippen LogP contribution in [0.4, 0.5) is 0 Å². The van der Waals surface area contributed by atoms with E-state index in [0.29, 0.717) is 19.4 Å². The van der Waals surface area contributed by atoms with Gasteiger partial charge in [-0.15, -0.1) is 12.3 Å². The van der Waals surface area contributed by atoms with Gasteiger partial charge in [-0.3, -0.25) is 4.79 Å². The Balaban J connectivity index is 2.32. The highest BCUT2D eigenvalue weighted by Crippen LogP contribution is 1.98. The fourth-order valence-corrected chi connectivity index (χ4v) is 1.12. The number of amides is 1. The maximum Gasteiger partial charge on any atom is 0.224 e. The molecule has 0 unspecified atom stereocenters. The summed E-state index contributed by atoms with van der Waals surface area (Å²) < 4.78 is 0. The summed E-state index contributed by atoms with van der Waals surface area (Å²) in [6, 6.07) is 9.63. The van der Waals surface area contributed by atoms with E-state index in [1.165, 1.54) is 0 Å². The van der Waals surface area contributed by atoms with E-state index < -0.39 is 0 Å². The number of hydrogen-bond acceptors (Lipinski definition) is 1. The van der Waals surface area contributed by atoms with Crippen LogP contribution in [0.5, 0.6) is 0 Å². The van der Waals surface area contributed by atoms with Crippen LogP contribution in [-0.2, 0) is 11.2 Å². The van der Waals surface area contributed by atoms with E-state index in [4.69, 9.17) is 6.42 Å². The number of hydrogen-bond donors (Lipinski definition) is 1. The smallest absolute Gasteiger partial charge is 0.224 e. The molecule has 1 aromatic carbocycles. The van der Waals surface area contributed by atoms with Crippen LogP contribution in [0, 0.1) is 12.3 Å². The molecule has 0 saturated heterocycles. The lowest BCUT2D eigenvalue weighted by atomic mass is 10.1. The molecule has 1 aromatic rings. The highest BCUT2D eigenvalue weighted by atomic mass is 16.1. The van der Waals surface area contributed by atoms with Gasteiger partial charge in [-0.2, -0.15) is 0 Å². The molecule has 0 aliphatic carbocycles. The van der Waals surface area contributed by atoms with Crippen molar-refractivity contribution in [1.29, 1.82) is 0 Å². The third kappa shape index (κ3) is 3.77. The van der Waals surface area contributed by atoms with Crippen LogP contribution in [0.1, 0.15) is 12.0 Å². The highest BCUT2D eigenvalue weighted by Gasteiger charge is 2.00. The van der Waals surface area contributed by atoms with Crippen molar-refractivity contribution in [2.75, 3.05) is 6.54 Å². The highest BCUT2D eigenvalue weighted by molar-refractivity contribution is 5.78. The second-order valence-corrected chi connectivity index (χ2v) is 2.97. The molecule has 0 saturated carbocycles. The van der Waals surface area contributed by atoms with Crippen molar-refractivity contribution in [2.45, 2.75) is 12.8 Å². The number of terminal acetylenes is 1. The van der Waals surface area contributed by atoms with Crippen LogP contribution in [0.3, 0.4) is 0 Å². The molecular formula is C12H13NO. The fraction of sp³-hybridized carbons (Fsp3) is 0.250. The molecule has 0 aliphatic heterocycles. The van der Waals surface area contributed by atoms with Gasteiger partial charge in [0.25, 0.3) is 0 Å². The average Bonchev–Trinajstić information content (AvgIpc) is 2.20. The Morgan fingerprint density at radius 3 is 2.71 bits per heavy atom. The van der Waals surface area contributed by atoms with E-state index in [0.717, 1.165) is 5.56 Å². The number of rotatable bonds is 4. The van der Waals surface area contributed by atoms with Gasteiger partial charge in [-0.1, -0.05) is 30.3 Å². The zero-order chi connectivity index (χ0) is 10.2. The monoisotopic (exact) mass is 187 g/mol. The molecule has 0 aromatic heterocycles. The van der Waals surface area contributed by atoms with Crippen molar-refractivity contribution >= 4 is 5.91 Å². The van der Waals surface area contributed by atoms with Gasteiger partial charge in [-0.05, 0) is 5.56 Å². The summed E-state index contributed by atoms with van der Waals surface area (Å²) >= 11 is 0. The molecule has 0 atom stereocenters. The number of benzene rings is 1. The van der Waals surface area contributed by atoms with Crippen molar-refractivity contribution in [3.63, 3.8) is 0 Å². The van der Waals surface area contributed by atoms with Crippen molar-refractivity contribution < 1.29 is 4.79 Å². The zero-order valence-electron chi connectivity index (χ0n) is 7.99. The molecule has 0 aliphatic rings. The minimum absolute atomic E-state index is 0.0199. The first-order chi connectivity index (χ1) is 6.83. The van der Waals surface area contributed by atoms with E-state index in [1.807, 2.05) is 30.3 Å². The Morgan fingerprint density at radius 2 is 2.07 bits per heavy atom. The first-order valence-electron chi connectivity index (χ1n) is 4.57. The van der Waals surface area contributed by atoms with Crippen LogP contribution >= 0.6 is 0 Å². The predicted molar refractivity (Wildman–Crippen MR) is 56.6 cm³/mol. The zero-order valence-corrected chi connectivity index (χ0v) is 7.99. The molecule has 0 bridgehead atoms. The van der Waals surface area contributed by atoms with Gasteiger partial charge in [0.15, 0.2) is 0 Å². The molecule has 2 nitrogen and oxygen atoms in total. The van der Waals surface area contributed by atoms with Gasteiger partial charge in [0.2, 0.25) is 5.91 Å². The molecule has 0 heterocycles. The largest absolute Gasteiger partial charge is 0.355 e. The molecule has 14 heavy (non-hydrogen) atoms. The Kier molecular flexibility index (Phi) is 4.30. The molecule has 72 valence electrons. The average molecular weight is 187 g/mol. The summed E-state index contributed by atoms with van der Waals surface area (Å²) in [5.41, 5.74) is 1.02. The Hall–Kier alpha value is -1.75. The standard InChI is InChI=1S/C12H13NO/c1-2-3-9-13-12(14)10-11-7-5-4-6-8-11/h1,4-8H,3,9-10H2,(H,13,14). The van der Waals surface area contributed by atoms with Crippen LogP contribution < -0.4 is 5.32 Å². The topological polar surface area (TPSA) is 29.1 Å². The van der Waals surface area contributed by atoms with Gasteiger partial charge < -0.3 is 5.32 Å². The second kappa shape index (κ2) is 5.82. The van der Waals surface area contributed by atoms with E-state index >= 15 is 0 Å². The Morgan fingerprint density at radius 1 is 1.36 bits per heavy atom. The summed E-state index contributed by atoms with van der Waals surface area (Å²) in [5.74, 6) is 2.49. The molecule has 2 heteroatoms.